The van der Waals surface area contributed by atoms with Crippen molar-refractivity contribution < 1.29 is 17.9 Å². The number of ether oxygens (including phenoxy) is 1. The number of carbonyl (C=O) groups is 1. The molecular weight excluding hydrogens is 452 g/mol. The number of aryl methyl sites for hydroxylation is 1. The van der Waals surface area contributed by atoms with Crippen LogP contribution in [-0.4, -0.2) is 48.3 Å². The number of amides is 1. The van der Waals surface area contributed by atoms with Gasteiger partial charge < -0.3 is 9.64 Å². The number of anilines is 2. The summed E-state index contributed by atoms with van der Waals surface area (Å²) < 4.78 is 33.4. The van der Waals surface area contributed by atoms with Gasteiger partial charge in [-0.05, 0) is 54.4 Å². The minimum atomic E-state index is -4.05. The van der Waals surface area contributed by atoms with E-state index in [1.165, 1.54) is 25.5 Å². The number of hydrogen-bond donors (Lipinski definition) is 1. The summed E-state index contributed by atoms with van der Waals surface area (Å²) in [6.07, 6.45) is 1.50. The maximum atomic E-state index is 13.5. The number of hydrogen-bond acceptors (Lipinski definition) is 6. The quantitative estimate of drug-likeness (QED) is 0.374. The van der Waals surface area contributed by atoms with Crippen LogP contribution in [0.25, 0.3) is 0 Å². The number of rotatable bonds is 9. The average Bonchev–Trinajstić information content (AvgIpc) is 2.83. The van der Waals surface area contributed by atoms with Crippen molar-refractivity contribution in [3.8, 4) is 5.75 Å². The summed E-state index contributed by atoms with van der Waals surface area (Å²) in [6.45, 7) is 1.36. The summed E-state index contributed by atoms with van der Waals surface area (Å²) in [5.41, 5.74) is 5.34. The number of sulfonamides is 1. The van der Waals surface area contributed by atoms with Crippen molar-refractivity contribution in [1.82, 2.24) is 5.43 Å². The number of benzene rings is 3. The first kappa shape index (κ1) is 24.8. The van der Waals surface area contributed by atoms with Crippen molar-refractivity contribution in [2.75, 3.05) is 37.0 Å². The maximum absolute atomic E-state index is 13.5. The molecule has 0 saturated heterocycles. The molecule has 0 fully saturated rings. The normalized spacial score (nSPS) is 11.3. The molecule has 0 aromatic heterocycles. The largest absolute Gasteiger partial charge is 0.495 e. The Morgan fingerprint density at radius 3 is 2.32 bits per heavy atom. The van der Waals surface area contributed by atoms with Gasteiger partial charge in [0.15, 0.2) is 0 Å². The Bertz CT molecular complexity index is 1260. The van der Waals surface area contributed by atoms with E-state index in [1.807, 2.05) is 56.3 Å². The summed E-state index contributed by atoms with van der Waals surface area (Å²) in [6, 6.07) is 20.7. The van der Waals surface area contributed by atoms with Crippen molar-refractivity contribution in [2.45, 2.75) is 11.8 Å². The number of carbonyl (C=O) groups excluding carboxylic acids is 1. The van der Waals surface area contributed by atoms with E-state index < -0.39 is 22.5 Å². The molecule has 0 spiro atoms. The Labute approximate surface area is 200 Å². The van der Waals surface area contributed by atoms with Gasteiger partial charge in [0.05, 0.1) is 23.9 Å². The molecule has 0 saturated carbocycles. The van der Waals surface area contributed by atoms with Gasteiger partial charge in [-0.2, -0.15) is 5.10 Å². The molecule has 0 aliphatic carbocycles. The first-order valence-electron chi connectivity index (χ1n) is 10.5. The molecule has 0 unspecified atom stereocenters. The molecule has 3 aromatic rings. The van der Waals surface area contributed by atoms with Crippen LogP contribution in [0.1, 0.15) is 11.1 Å². The molecule has 0 radical (unpaired) electrons. The topological polar surface area (TPSA) is 91.3 Å². The highest BCUT2D eigenvalue weighted by molar-refractivity contribution is 7.92. The SMILES string of the molecule is COc1ccc(C)cc1N(CC(=O)N/N=C\c1ccc(N(C)C)cc1)S(=O)(=O)c1ccccc1. The van der Waals surface area contributed by atoms with Crippen LogP contribution in [0, 0.1) is 6.92 Å². The third-order valence-electron chi connectivity index (χ3n) is 5.03. The van der Waals surface area contributed by atoms with E-state index in [0.29, 0.717) is 5.75 Å². The fraction of sp³-hybridized carbons (Fsp3) is 0.200. The van der Waals surface area contributed by atoms with Crippen LogP contribution >= 0.6 is 0 Å². The molecule has 3 rings (SSSR count). The van der Waals surface area contributed by atoms with E-state index in [-0.39, 0.29) is 10.6 Å². The van der Waals surface area contributed by atoms with Gasteiger partial charge in [-0.25, -0.2) is 13.8 Å². The van der Waals surface area contributed by atoms with Crippen molar-refractivity contribution in [2.24, 2.45) is 5.10 Å². The summed E-state index contributed by atoms with van der Waals surface area (Å²) in [5.74, 6) is -0.258. The van der Waals surface area contributed by atoms with E-state index in [0.717, 1.165) is 21.1 Å². The number of hydrazone groups is 1. The molecule has 1 N–H and O–H groups in total. The van der Waals surface area contributed by atoms with E-state index in [1.54, 1.807) is 30.3 Å². The van der Waals surface area contributed by atoms with Crippen LogP contribution in [0.15, 0.2) is 82.8 Å². The molecule has 0 bridgehead atoms. The molecule has 178 valence electrons. The lowest BCUT2D eigenvalue weighted by Crippen LogP contribution is -2.39. The van der Waals surface area contributed by atoms with E-state index in [4.69, 9.17) is 4.74 Å². The highest BCUT2D eigenvalue weighted by Gasteiger charge is 2.29. The zero-order valence-corrected chi connectivity index (χ0v) is 20.4. The third kappa shape index (κ3) is 5.93. The Balaban J connectivity index is 1.86. The van der Waals surface area contributed by atoms with Gasteiger partial charge in [-0.15, -0.1) is 0 Å². The molecule has 0 atom stereocenters. The van der Waals surface area contributed by atoms with Crippen molar-refractivity contribution in [3.05, 3.63) is 83.9 Å². The first-order valence-corrected chi connectivity index (χ1v) is 12.0. The minimum Gasteiger partial charge on any atom is -0.495 e. The van der Waals surface area contributed by atoms with Crippen molar-refractivity contribution in [3.63, 3.8) is 0 Å². The van der Waals surface area contributed by atoms with E-state index >= 15 is 0 Å². The highest BCUT2D eigenvalue weighted by atomic mass is 32.2. The molecule has 1 amide bonds. The molecule has 0 aliphatic rings. The van der Waals surface area contributed by atoms with Gasteiger partial charge in [0.1, 0.15) is 12.3 Å². The Morgan fingerprint density at radius 2 is 1.71 bits per heavy atom. The molecule has 0 aliphatic heterocycles. The van der Waals surface area contributed by atoms with Gasteiger partial charge in [0.25, 0.3) is 15.9 Å². The van der Waals surface area contributed by atoms with E-state index in [2.05, 4.69) is 10.5 Å². The molecule has 8 nitrogen and oxygen atoms in total. The molecular formula is C25H28N4O4S. The predicted octanol–water partition coefficient (Wildman–Crippen LogP) is 3.42. The van der Waals surface area contributed by atoms with Crippen LogP contribution in [0.4, 0.5) is 11.4 Å². The smallest absolute Gasteiger partial charge is 0.264 e. The number of nitrogens with zero attached hydrogens (tertiary/aromatic N) is 3. The van der Waals surface area contributed by atoms with Gasteiger partial charge in [0.2, 0.25) is 0 Å². The molecule has 34 heavy (non-hydrogen) atoms. The fourth-order valence-corrected chi connectivity index (χ4v) is 4.66. The second-order valence-corrected chi connectivity index (χ2v) is 9.64. The summed E-state index contributed by atoms with van der Waals surface area (Å²) >= 11 is 0. The molecule has 0 heterocycles. The molecule has 3 aromatic carbocycles. The maximum Gasteiger partial charge on any atom is 0.264 e. The standard InChI is InChI=1S/C25H28N4O4S/c1-19-10-15-24(33-4)23(16-19)29(34(31,32)22-8-6-5-7-9-22)18-25(30)27-26-17-20-11-13-21(14-12-20)28(2)3/h5-17H,18H2,1-4H3,(H,27,30)/b26-17-. The second kappa shape index (κ2) is 10.8. The van der Waals surface area contributed by atoms with Gasteiger partial charge in [0, 0.05) is 19.8 Å². The lowest BCUT2D eigenvalue weighted by molar-refractivity contribution is -0.119. The Morgan fingerprint density at radius 1 is 1.03 bits per heavy atom. The van der Waals surface area contributed by atoms with Gasteiger partial charge in [-0.3, -0.25) is 9.10 Å². The lowest BCUT2D eigenvalue weighted by Gasteiger charge is -2.25. The van der Waals surface area contributed by atoms with Crippen LogP contribution in [-0.2, 0) is 14.8 Å². The highest BCUT2D eigenvalue weighted by Crippen LogP contribution is 2.33. The van der Waals surface area contributed by atoms with Crippen molar-refractivity contribution in [1.29, 1.82) is 0 Å². The zero-order chi connectivity index (χ0) is 24.7. The summed E-state index contributed by atoms with van der Waals surface area (Å²) in [5, 5.41) is 3.99. The monoisotopic (exact) mass is 480 g/mol. The summed E-state index contributed by atoms with van der Waals surface area (Å²) in [7, 11) is 1.29. The van der Waals surface area contributed by atoms with Crippen LogP contribution in [0.3, 0.4) is 0 Å². The Kier molecular flexibility index (Phi) is 7.91. The van der Waals surface area contributed by atoms with Crippen LogP contribution < -0.4 is 19.4 Å². The fourth-order valence-electron chi connectivity index (χ4n) is 3.22. The molecule has 9 heteroatoms. The number of nitrogens with one attached hydrogen (secondary N) is 1. The summed E-state index contributed by atoms with van der Waals surface area (Å²) in [4.78, 5) is 14.8. The van der Waals surface area contributed by atoms with Crippen LogP contribution in [0.5, 0.6) is 5.75 Å². The Hall–Kier alpha value is -3.85. The van der Waals surface area contributed by atoms with Crippen molar-refractivity contribution >= 4 is 33.5 Å². The third-order valence-corrected chi connectivity index (χ3v) is 6.81. The minimum absolute atomic E-state index is 0.0656. The lowest BCUT2D eigenvalue weighted by atomic mass is 10.2. The zero-order valence-electron chi connectivity index (χ0n) is 19.6. The van der Waals surface area contributed by atoms with E-state index in [9.17, 15) is 13.2 Å². The van der Waals surface area contributed by atoms with Crippen LogP contribution in [0.2, 0.25) is 0 Å². The second-order valence-electron chi connectivity index (χ2n) is 7.78. The van der Waals surface area contributed by atoms with Gasteiger partial charge in [-0.1, -0.05) is 36.4 Å². The first-order chi connectivity index (χ1) is 16.2. The average molecular weight is 481 g/mol. The number of methoxy groups -OCH3 is 1. The van der Waals surface area contributed by atoms with Gasteiger partial charge >= 0.3 is 0 Å². The predicted molar refractivity (Wildman–Crippen MR) is 135 cm³/mol.